The van der Waals surface area contributed by atoms with Crippen LogP contribution in [0.2, 0.25) is 0 Å². The Labute approximate surface area is 154 Å². The van der Waals surface area contributed by atoms with Crippen LogP contribution < -0.4 is 0 Å². The molecule has 4 fully saturated rings. The molecule has 0 bridgehead atoms. The summed E-state index contributed by atoms with van der Waals surface area (Å²) in [6, 6.07) is 0. The first kappa shape index (κ1) is 16.9. The molecule has 1 saturated heterocycles. The zero-order valence-corrected chi connectivity index (χ0v) is 16.0. The van der Waals surface area contributed by atoms with Crippen molar-refractivity contribution in [2.45, 2.75) is 64.8 Å². The fourth-order valence-corrected chi connectivity index (χ4v) is 7.57. The molecule has 4 heteroatoms. The molecule has 1 spiro atoms. The van der Waals surface area contributed by atoms with Gasteiger partial charge in [0.15, 0.2) is 23.8 Å². The van der Waals surface area contributed by atoms with E-state index in [1.807, 2.05) is 13.8 Å². The third-order valence-electron chi connectivity index (χ3n) is 9.20. The normalized spacial score (nSPS) is 57.7. The van der Waals surface area contributed by atoms with Gasteiger partial charge in [0.2, 0.25) is 0 Å². The van der Waals surface area contributed by atoms with E-state index in [0.29, 0.717) is 6.42 Å². The van der Waals surface area contributed by atoms with Gasteiger partial charge in [0, 0.05) is 10.8 Å². The van der Waals surface area contributed by atoms with Crippen LogP contribution in [0.4, 0.5) is 4.39 Å². The lowest BCUT2D eigenvalue weighted by atomic mass is 9.41. The van der Waals surface area contributed by atoms with Crippen LogP contribution in [-0.2, 0) is 14.3 Å². The summed E-state index contributed by atoms with van der Waals surface area (Å²) in [5.41, 5.74) is 0.602. The van der Waals surface area contributed by atoms with Gasteiger partial charge < -0.3 is 4.74 Å². The average Bonchev–Trinajstić information content (AvgIpc) is 3.31. The minimum atomic E-state index is -1.33. The van der Waals surface area contributed by atoms with Gasteiger partial charge in [0.1, 0.15) is 5.60 Å². The zero-order chi connectivity index (χ0) is 18.8. The second-order valence-corrected chi connectivity index (χ2v) is 9.79. The molecule has 1 heterocycles. The van der Waals surface area contributed by atoms with Gasteiger partial charge in [-0.2, -0.15) is 0 Å². The smallest absolute Gasteiger partial charge is 0.187 e. The van der Waals surface area contributed by atoms with E-state index >= 15 is 0 Å². The molecule has 140 valence electrons. The predicted molar refractivity (Wildman–Crippen MR) is 95.1 cm³/mol. The molecule has 0 aromatic rings. The fourth-order valence-electron chi connectivity index (χ4n) is 7.57. The Hall–Kier alpha value is -1.29. The Balaban J connectivity index is 1.67. The number of carbonyl (C=O) groups is 2. The molecule has 0 aromatic carbocycles. The molecule has 9 atom stereocenters. The van der Waals surface area contributed by atoms with Gasteiger partial charge in [0.25, 0.3) is 0 Å². The quantitative estimate of drug-likeness (QED) is 0.488. The Morgan fingerprint density at radius 2 is 1.96 bits per heavy atom. The number of ether oxygens (including phenoxy) is 1. The Morgan fingerprint density at radius 1 is 1.27 bits per heavy atom. The molecule has 26 heavy (non-hydrogen) atoms. The number of Topliss-reactive ketones (excluding diaryl/α,β-unsaturated/α-hetero) is 1. The van der Waals surface area contributed by atoms with Gasteiger partial charge in [-0.25, -0.2) is 4.39 Å². The summed E-state index contributed by atoms with van der Waals surface area (Å²) in [6.07, 6.45) is 1.96. The minimum Gasteiger partial charge on any atom is -0.352 e. The van der Waals surface area contributed by atoms with E-state index in [1.54, 1.807) is 6.08 Å². The molecular formula is C22H27FO3. The van der Waals surface area contributed by atoms with Crippen LogP contribution in [0.1, 0.15) is 47.0 Å². The Kier molecular flexibility index (Phi) is 2.96. The van der Waals surface area contributed by atoms with Crippen molar-refractivity contribution in [1.29, 1.82) is 0 Å². The molecule has 0 radical (unpaired) electrons. The van der Waals surface area contributed by atoms with Gasteiger partial charge in [-0.05, 0) is 61.5 Å². The Bertz CT molecular complexity index is 799. The topological polar surface area (TPSA) is 46.7 Å². The molecule has 5 rings (SSSR count). The lowest BCUT2D eigenvalue weighted by molar-refractivity contribution is -0.137. The summed E-state index contributed by atoms with van der Waals surface area (Å²) < 4.78 is 20.6. The molecule has 0 N–H and O–H groups in total. The first-order valence-corrected chi connectivity index (χ1v) is 9.88. The lowest BCUT2D eigenvalue weighted by Gasteiger charge is -2.61. The van der Waals surface area contributed by atoms with E-state index in [4.69, 9.17) is 4.74 Å². The van der Waals surface area contributed by atoms with Crippen LogP contribution >= 0.6 is 0 Å². The molecule has 4 aliphatic carbocycles. The highest BCUT2D eigenvalue weighted by atomic mass is 19.1. The summed E-state index contributed by atoms with van der Waals surface area (Å²) in [6.45, 7) is 12.8. The number of fused-ring (bicyclic) bond motifs is 4. The monoisotopic (exact) mass is 358 g/mol. The third-order valence-corrected chi connectivity index (χ3v) is 9.20. The first-order chi connectivity index (χ1) is 12.1. The third kappa shape index (κ3) is 1.49. The fraction of sp³-hybridized carbons (Fsp3) is 0.727. The highest BCUT2D eigenvalue weighted by Crippen LogP contribution is 2.74. The number of hydrogen-bond donors (Lipinski definition) is 0. The van der Waals surface area contributed by atoms with Crippen LogP contribution in [0.15, 0.2) is 23.8 Å². The molecule has 5 aliphatic rings. The SMILES string of the molecule is C=C1C(C)[C@@H]2[C@@H](CC[C@]3(C)C(=O)C(F)C[C@@H]23)[C@@]2(C)C(C)=CC(=O)C3OC132. The maximum atomic E-state index is 14.4. The summed E-state index contributed by atoms with van der Waals surface area (Å²) in [5, 5.41) is 0. The number of carbonyl (C=O) groups excluding carboxylic acids is 2. The van der Waals surface area contributed by atoms with Crippen molar-refractivity contribution >= 4 is 11.6 Å². The van der Waals surface area contributed by atoms with Crippen LogP contribution in [0.5, 0.6) is 0 Å². The molecule has 1 aliphatic heterocycles. The average molecular weight is 358 g/mol. The highest BCUT2D eigenvalue weighted by Gasteiger charge is 2.79. The maximum Gasteiger partial charge on any atom is 0.187 e. The van der Waals surface area contributed by atoms with Crippen molar-refractivity contribution < 1.29 is 18.7 Å². The number of halogens is 1. The molecule has 4 unspecified atom stereocenters. The maximum absolute atomic E-state index is 14.4. The summed E-state index contributed by atoms with van der Waals surface area (Å²) in [7, 11) is 0. The number of alkyl halides is 1. The molecular weight excluding hydrogens is 331 g/mol. The summed E-state index contributed by atoms with van der Waals surface area (Å²) in [4.78, 5) is 25.0. The number of epoxide rings is 1. The van der Waals surface area contributed by atoms with Crippen molar-refractivity contribution in [3.63, 3.8) is 0 Å². The second kappa shape index (κ2) is 4.57. The van der Waals surface area contributed by atoms with Gasteiger partial charge in [-0.1, -0.05) is 32.9 Å². The first-order valence-electron chi connectivity index (χ1n) is 9.88. The Morgan fingerprint density at radius 3 is 2.65 bits per heavy atom. The van der Waals surface area contributed by atoms with Gasteiger partial charge in [-0.3, -0.25) is 9.59 Å². The largest absolute Gasteiger partial charge is 0.352 e. The van der Waals surface area contributed by atoms with Gasteiger partial charge in [0.05, 0.1) is 0 Å². The van der Waals surface area contributed by atoms with Crippen molar-refractivity contribution in [2.24, 2.45) is 34.5 Å². The van der Waals surface area contributed by atoms with E-state index in [9.17, 15) is 14.0 Å². The van der Waals surface area contributed by atoms with Crippen molar-refractivity contribution in [3.8, 4) is 0 Å². The molecule has 0 aromatic heterocycles. The van der Waals surface area contributed by atoms with Crippen LogP contribution in [0.25, 0.3) is 0 Å². The molecule has 3 saturated carbocycles. The number of rotatable bonds is 0. The van der Waals surface area contributed by atoms with Crippen LogP contribution in [-0.4, -0.2) is 29.4 Å². The van der Waals surface area contributed by atoms with E-state index in [1.165, 1.54) is 0 Å². The molecule has 0 amide bonds. The highest BCUT2D eigenvalue weighted by molar-refractivity contribution is 6.00. The van der Waals surface area contributed by atoms with E-state index in [2.05, 4.69) is 20.4 Å². The van der Waals surface area contributed by atoms with E-state index in [-0.39, 0.29) is 40.7 Å². The molecule has 3 nitrogen and oxygen atoms in total. The van der Waals surface area contributed by atoms with Gasteiger partial charge in [-0.15, -0.1) is 0 Å². The number of hydrogen-bond acceptors (Lipinski definition) is 3. The van der Waals surface area contributed by atoms with Crippen LogP contribution in [0, 0.1) is 34.5 Å². The van der Waals surface area contributed by atoms with E-state index in [0.717, 1.165) is 24.0 Å². The number of ketones is 2. The zero-order valence-electron chi connectivity index (χ0n) is 16.0. The standard InChI is InChI=1S/C22H27FO3/c1-10-8-16(24)19-22(26-19)12(3)11(2)17-13(21(10,22)5)6-7-20(4)14(17)9-15(23)18(20)25/h8,11,13-15,17,19H,3,6-7,9H2,1-2,4-5H3/t11?,13-,14+,15?,17-,19?,20+,21-,22?/m1/s1. The second-order valence-electron chi connectivity index (χ2n) is 9.79. The van der Waals surface area contributed by atoms with Crippen molar-refractivity contribution in [1.82, 2.24) is 0 Å². The summed E-state index contributed by atoms with van der Waals surface area (Å²) >= 11 is 0. The van der Waals surface area contributed by atoms with Crippen LogP contribution in [0.3, 0.4) is 0 Å². The lowest BCUT2D eigenvalue weighted by Crippen LogP contribution is -2.61. The van der Waals surface area contributed by atoms with E-state index < -0.39 is 23.3 Å². The minimum absolute atomic E-state index is 0.0484. The van der Waals surface area contributed by atoms with Crippen molar-refractivity contribution in [3.05, 3.63) is 23.8 Å². The predicted octanol–water partition coefficient (Wildman–Crippen LogP) is 3.82. The summed E-state index contributed by atoms with van der Waals surface area (Å²) in [5.74, 6) is 0.520. The van der Waals surface area contributed by atoms with Gasteiger partial charge >= 0.3 is 0 Å². The van der Waals surface area contributed by atoms with Crippen molar-refractivity contribution in [2.75, 3.05) is 0 Å².